The van der Waals surface area contributed by atoms with Crippen molar-refractivity contribution in [2.75, 3.05) is 0 Å². The Labute approximate surface area is 94.0 Å². The molecule has 82 valence electrons. The number of fused-ring (bicyclic) bond motifs is 1. The first-order chi connectivity index (χ1) is 7.20. The van der Waals surface area contributed by atoms with Crippen LogP contribution in [0.5, 0.6) is 0 Å². The second-order valence-corrected chi connectivity index (χ2v) is 4.18. The van der Waals surface area contributed by atoms with Gasteiger partial charge in [0.2, 0.25) is 0 Å². The molecule has 0 amide bonds. The summed E-state index contributed by atoms with van der Waals surface area (Å²) in [6.45, 7) is 7.98. The van der Waals surface area contributed by atoms with Gasteiger partial charge >= 0.3 is 0 Å². The molecule has 0 unspecified atom stereocenters. The van der Waals surface area contributed by atoms with E-state index in [1.807, 2.05) is 39.8 Å². The minimum Gasteiger partial charge on any atom is -0.245 e. The van der Waals surface area contributed by atoms with E-state index in [0.717, 1.165) is 11.1 Å². The molecular weight excluding hydrogens is 209 g/mol. The van der Waals surface area contributed by atoms with Crippen LogP contribution in [-0.2, 0) is 0 Å². The number of aromatic nitrogens is 1. The maximum atomic E-state index is 13.7. The third-order valence-corrected chi connectivity index (χ3v) is 2.93. The predicted octanol–water partition coefficient (Wildman–Crippen LogP) is 4.59. The van der Waals surface area contributed by atoms with Gasteiger partial charge in [0.25, 0.3) is 0 Å². The molecule has 0 spiro atoms. The van der Waals surface area contributed by atoms with Gasteiger partial charge in [0.15, 0.2) is 0 Å². The van der Waals surface area contributed by atoms with Gasteiger partial charge < -0.3 is 0 Å². The minimum atomic E-state index is -0.102. The zero-order valence-electron chi connectivity index (χ0n) is 9.54. The Morgan fingerprint density at radius 1 is 1.27 bits per heavy atom. The van der Waals surface area contributed by atoms with Crippen molar-refractivity contribution >= 4 is 21.6 Å². The molecule has 0 fully saturated rings. The van der Waals surface area contributed by atoms with Crippen LogP contribution in [0.2, 0.25) is 0 Å². The summed E-state index contributed by atoms with van der Waals surface area (Å²) in [5, 5.41) is 0. The molecule has 2 rings (SSSR count). The lowest BCUT2D eigenvalue weighted by Gasteiger charge is -2.06. The molecule has 1 nitrogen and oxygen atoms in total. The maximum Gasteiger partial charge on any atom is 0.146 e. The third-order valence-electron chi connectivity index (χ3n) is 2.09. The van der Waals surface area contributed by atoms with Crippen molar-refractivity contribution in [3.63, 3.8) is 0 Å². The summed E-state index contributed by atoms with van der Waals surface area (Å²) in [7, 11) is 0. The first-order valence-corrected chi connectivity index (χ1v) is 6.09. The van der Waals surface area contributed by atoms with E-state index in [4.69, 9.17) is 0 Å². The topological polar surface area (TPSA) is 12.9 Å². The second kappa shape index (κ2) is 5.21. The van der Waals surface area contributed by atoms with E-state index in [1.165, 1.54) is 11.3 Å². The molecule has 1 heterocycles. The zero-order chi connectivity index (χ0) is 11.4. The van der Waals surface area contributed by atoms with Gasteiger partial charge in [0.1, 0.15) is 5.82 Å². The Bertz CT molecular complexity index is 434. The fourth-order valence-electron chi connectivity index (χ4n) is 1.36. The summed E-state index contributed by atoms with van der Waals surface area (Å²) in [6, 6.07) is 3.70. The zero-order valence-corrected chi connectivity index (χ0v) is 10.4. The molecule has 0 atom stereocenters. The van der Waals surface area contributed by atoms with Gasteiger partial charge in [-0.1, -0.05) is 33.8 Å². The van der Waals surface area contributed by atoms with Crippen LogP contribution >= 0.6 is 11.3 Å². The summed E-state index contributed by atoms with van der Waals surface area (Å²) in [6.07, 6.45) is 0. The van der Waals surface area contributed by atoms with E-state index >= 15 is 0 Å². The van der Waals surface area contributed by atoms with Crippen molar-refractivity contribution in [3.05, 3.63) is 29.0 Å². The Hall–Kier alpha value is -0.960. The van der Waals surface area contributed by atoms with E-state index in [-0.39, 0.29) is 11.7 Å². The monoisotopic (exact) mass is 225 g/mol. The summed E-state index contributed by atoms with van der Waals surface area (Å²) in [5.74, 6) is 0.126. The first-order valence-electron chi connectivity index (χ1n) is 5.21. The largest absolute Gasteiger partial charge is 0.245 e. The molecule has 0 saturated carbocycles. The predicted molar refractivity (Wildman–Crippen MR) is 65.0 cm³/mol. The number of thiazole rings is 1. The highest BCUT2D eigenvalue weighted by molar-refractivity contribution is 7.16. The highest BCUT2D eigenvalue weighted by Gasteiger charge is 2.11. The summed E-state index contributed by atoms with van der Waals surface area (Å²) < 4.78 is 14.4. The maximum absolute atomic E-state index is 13.7. The number of hydrogen-bond donors (Lipinski definition) is 0. The van der Waals surface area contributed by atoms with Crippen molar-refractivity contribution in [3.8, 4) is 0 Å². The SMILES string of the molecule is CC.CC(C)c1ccc2ncsc2c1F. The molecule has 0 saturated heterocycles. The van der Waals surface area contributed by atoms with Crippen LogP contribution in [-0.4, -0.2) is 4.98 Å². The standard InChI is InChI=1S/C10H10FNS.C2H6/c1-6(2)7-3-4-8-10(9(7)11)13-5-12-8;1-2/h3-6H,1-2H3;1-2H3. The third kappa shape index (κ3) is 2.34. The van der Waals surface area contributed by atoms with Crippen LogP contribution in [0.4, 0.5) is 4.39 Å². The number of nitrogens with zero attached hydrogens (tertiary/aromatic N) is 1. The van der Waals surface area contributed by atoms with Gasteiger partial charge in [0.05, 0.1) is 15.7 Å². The van der Waals surface area contributed by atoms with Crippen molar-refractivity contribution < 1.29 is 4.39 Å². The average molecular weight is 225 g/mol. The summed E-state index contributed by atoms with van der Waals surface area (Å²) >= 11 is 1.36. The number of rotatable bonds is 1. The van der Waals surface area contributed by atoms with Gasteiger partial charge in [-0.25, -0.2) is 9.37 Å². The van der Waals surface area contributed by atoms with Crippen LogP contribution in [0.25, 0.3) is 10.2 Å². The van der Waals surface area contributed by atoms with Crippen molar-refractivity contribution in [1.29, 1.82) is 0 Å². The Balaban J connectivity index is 0.000000531. The lowest BCUT2D eigenvalue weighted by molar-refractivity contribution is 0.611. The summed E-state index contributed by atoms with van der Waals surface area (Å²) in [4.78, 5) is 4.06. The van der Waals surface area contributed by atoms with Gasteiger partial charge in [-0.2, -0.15) is 0 Å². The van der Waals surface area contributed by atoms with Crippen LogP contribution in [0.1, 0.15) is 39.2 Å². The quantitative estimate of drug-likeness (QED) is 0.692. The highest BCUT2D eigenvalue weighted by atomic mass is 32.1. The smallest absolute Gasteiger partial charge is 0.146 e. The summed E-state index contributed by atoms with van der Waals surface area (Å²) in [5.41, 5.74) is 3.21. The van der Waals surface area contributed by atoms with Crippen LogP contribution in [0.15, 0.2) is 17.6 Å². The Morgan fingerprint density at radius 2 is 1.93 bits per heavy atom. The lowest BCUT2D eigenvalue weighted by Crippen LogP contribution is -1.92. The van der Waals surface area contributed by atoms with Gasteiger partial charge in [0, 0.05) is 0 Å². The van der Waals surface area contributed by atoms with Crippen molar-refractivity contribution in [2.45, 2.75) is 33.6 Å². The molecule has 3 heteroatoms. The first kappa shape index (κ1) is 12.1. The number of halogens is 1. The second-order valence-electron chi connectivity index (χ2n) is 3.32. The fourth-order valence-corrected chi connectivity index (χ4v) is 2.09. The van der Waals surface area contributed by atoms with Crippen LogP contribution in [0.3, 0.4) is 0 Å². The van der Waals surface area contributed by atoms with E-state index in [0.29, 0.717) is 4.70 Å². The number of benzene rings is 1. The molecule has 1 aromatic heterocycles. The Morgan fingerprint density at radius 3 is 2.53 bits per heavy atom. The molecule has 0 aliphatic carbocycles. The van der Waals surface area contributed by atoms with E-state index < -0.39 is 0 Å². The molecule has 2 aromatic rings. The van der Waals surface area contributed by atoms with E-state index in [9.17, 15) is 4.39 Å². The average Bonchev–Trinajstić information content (AvgIpc) is 2.69. The van der Waals surface area contributed by atoms with Gasteiger partial charge in [-0.3, -0.25) is 0 Å². The normalized spacial score (nSPS) is 10.3. The van der Waals surface area contributed by atoms with E-state index in [2.05, 4.69) is 4.98 Å². The number of hydrogen-bond acceptors (Lipinski definition) is 2. The minimum absolute atomic E-state index is 0.102. The molecule has 0 radical (unpaired) electrons. The van der Waals surface area contributed by atoms with Gasteiger partial charge in [-0.15, -0.1) is 11.3 Å². The van der Waals surface area contributed by atoms with Crippen LogP contribution < -0.4 is 0 Å². The molecule has 15 heavy (non-hydrogen) atoms. The lowest BCUT2D eigenvalue weighted by atomic mass is 10.0. The Kier molecular flexibility index (Phi) is 4.21. The molecule has 0 aliphatic rings. The van der Waals surface area contributed by atoms with Crippen molar-refractivity contribution in [1.82, 2.24) is 4.98 Å². The molecule has 1 aromatic carbocycles. The molecular formula is C12H16FNS. The van der Waals surface area contributed by atoms with Crippen LogP contribution in [0, 0.1) is 5.82 Å². The van der Waals surface area contributed by atoms with E-state index in [1.54, 1.807) is 5.51 Å². The molecule has 0 N–H and O–H groups in total. The molecule has 0 bridgehead atoms. The fraction of sp³-hybridized carbons (Fsp3) is 0.417. The molecule has 0 aliphatic heterocycles. The van der Waals surface area contributed by atoms with Gasteiger partial charge in [-0.05, 0) is 17.5 Å². The highest BCUT2D eigenvalue weighted by Crippen LogP contribution is 2.27. The van der Waals surface area contributed by atoms with Crippen molar-refractivity contribution in [2.24, 2.45) is 0 Å².